The van der Waals surface area contributed by atoms with Gasteiger partial charge in [0.1, 0.15) is 0 Å². The van der Waals surface area contributed by atoms with Crippen molar-refractivity contribution >= 4 is 34.1 Å². The first-order valence-electron chi connectivity index (χ1n) is 21.8. The molecule has 0 bridgehead atoms. The monoisotopic (exact) mass is 802 g/mol. The predicted molar refractivity (Wildman–Crippen MR) is 263 cm³/mol. The van der Waals surface area contributed by atoms with Crippen molar-refractivity contribution in [3.8, 4) is 44.5 Å². The van der Waals surface area contributed by atoms with Gasteiger partial charge in [-0.25, -0.2) is 0 Å². The number of para-hydroxylation sites is 3. The molecular weight excluding hydrogens is 761 g/mol. The molecule has 12 rings (SSSR count). The van der Waals surface area contributed by atoms with Crippen LogP contribution in [0.15, 0.2) is 255 Å². The number of nitrogens with zero attached hydrogens (tertiary/aromatic N) is 2. The van der Waals surface area contributed by atoms with E-state index in [1.54, 1.807) is 0 Å². The summed E-state index contributed by atoms with van der Waals surface area (Å²) in [6.45, 7) is 0. The van der Waals surface area contributed by atoms with Crippen LogP contribution >= 0.6 is 0 Å². The maximum absolute atomic E-state index is 2.47. The van der Waals surface area contributed by atoms with Gasteiger partial charge in [-0.05, 0) is 116 Å². The van der Waals surface area contributed by atoms with Crippen LogP contribution in [-0.2, 0) is 5.41 Å². The first-order valence-corrected chi connectivity index (χ1v) is 21.8. The first kappa shape index (κ1) is 36.6. The molecule has 0 fully saturated rings. The molecule has 1 aliphatic carbocycles. The quantitative estimate of drug-likeness (QED) is 0.158. The van der Waals surface area contributed by atoms with Crippen molar-refractivity contribution in [1.82, 2.24) is 0 Å². The van der Waals surface area contributed by atoms with Crippen LogP contribution in [0.1, 0.15) is 22.3 Å². The Morgan fingerprint density at radius 2 is 0.746 bits per heavy atom. The largest absolute Gasteiger partial charge is 0.310 e. The van der Waals surface area contributed by atoms with Crippen LogP contribution in [0.4, 0.5) is 34.1 Å². The van der Waals surface area contributed by atoms with Gasteiger partial charge in [-0.15, -0.1) is 0 Å². The lowest BCUT2D eigenvalue weighted by atomic mass is 9.64. The second kappa shape index (κ2) is 15.1. The van der Waals surface area contributed by atoms with E-state index in [0.29, 0.717) is 0 Å². The fourth-order valence-electron chi connectivity index (χ4n) is 10.3. The predicted octanol–water partition coefficient (Wildman–Crippen LogP) is 16.3. The molecule has 2 aliphatic rings. The van der Waals surface area contributed by atoms with Gasteiger partial charge in [0.15, 0.2) is 0 Å². The van der Waals surface area contributed by atoms with Gasteiger partial charge in [-0.2, -0.15) is 0 Å². The van der Waals surface area contributed by atoms with Gasteiger partial charge in [0.05, 0.1) is 22.5 Å². The molecule has 0 atom stereocenters. The molecule has 1 spiro atoms. The second-order valence-electron chi connectivity index (χ2n) is 16.4. The minimum Gasteiger partial charge on any atom is -0.310 e. The first-order chi connectivity index (χ1) is 31.3. The van der Waals surface area contributed by atoms with Crippen LogP contribution in [0, 0.1) is 0 Å². The third-order valence-corrected chi connectivity index (χ3v) is 13.1. The van der Waals surface area contributed by atoms with E-state index in [9.17, 15) is 0 Å². The van der Waals surface area contributed by atoms with Gasteiger partial charge in [-0.3, -0.25) is 0 Å². The molecule has 0 aromatic heterocycles. The average Bonchev–Trinajstić information content (AvgIpc) is 3.66. The summed E-state index contributed by atoms with van der Waals surface area (Å²) in [7, 11) is 0. The topological polar surface area (TPSA) is 6.48 Å². The highest BCUT2D eigenvalue weighted by Gasteiger charge is 2.52. The summed E-state index contributed by atoms with van der Waals surface area (Å²) in [5, 5.41) is 0. The molecule has 296 valence electrons. The van der Waals surface area contributed by atoms with Crippen LogP contribution in [0.2, 0.25) is 0 Å². The standard InChI is InChI=1S/C61H42N2/c1-4-18-43(19-5-1)45-34-36-47(37-35-45)48-22-16-25-51(42-48)62(50-40-38-46(39-41-50)44-20-6-2-7-21-44)59-33-17-30-56-60(59)52-26-10-11-27-53(52)61(56)54-28-12-14-31-57(54)63(49-23-8-3-9-24-49)58-32-15-13-29-55(58)61/h1-42H. The lowest BCUT2D eigenvalue weighted by Gasteiger charge is -2.45. The van der Waals surface area contributed by atoms with Gasteiger partial charge in [0, 0.05) is 22.6 Å². The molecule has 0 radical (unpaired) electrons. The van der Waals surface area contributed by atoms with Crippen molar-refractivity contribution in [3.63, 3.8) is 0 Å². The third-order valence-electron chi connectivity index (χ3n) is 13.1. The molecule has 0 amide bonds. The van der Waals surface area contributed by atoms with E-state index in [1.165, 1.54) is 78.1 Å². The normalized spacial score (nSPS) is 12.9. The fourth-order valence-corrected chi connectivity index (χ4v) is 10.3. The zero-order valence-corrected chi connectivity index (χ0v) is 34.6. The number of fused-ring (bicyclic) bond motifs is 9. The summed E-state index contributed by atoms with van der Waals surface area (Å²) in [6, 6.07) is 93.3. The van der Waals surface area contributed by atoms with E-state index < -0.39 is 5.41 Å². The number of hydrogen-bond acceptors (Lipinski definition) is 2. The van der Waals surface area contributed by atoms with Gasteiger partial charge < -0.3 is 9.80 Å². The Bertz CT molecular complexity index is 3220. The third kappa shape index (κ3) is 5.87. The molecule has 1 heterocycles. The van der Waals surface area contributed by atoms with Crippen molar-refractivity contribution in [1.29, 1.82) is 0 Å². The SMILES string of the molecule is c1ccc(-c2ccc(-c3cccc(N(c4ccc(-c5ccccc5)cc4)c4cccc5c4-c4ccccc4C54c5ccccc5N(c5ccccc5)c5ccccc54)c3)cc2)cc1. The zero-order valence-electron chi connectivity index (χ0n) is 34.6. The van der Waals surface area contributed by atoms with Gasteiger partial charge in [0.2, 0.25) is 0 Å². The summed E-state index contributed by atoms with van der Waals surface area (Å²) < 4.78 is 0. The molecule has 0 saturated carbocycles. The van der Waals surface area contributed by atoms with Crippen molar-refractivity contribution in [3.05, 3.63) is 277 Å². The summed E-state index contributed by atoms with van der Waals surface area (Å²) >= 11 is 0. The maximum atomic E-state index is 2.47. The van der Waals surface area contributed by atoms with Crippen LogP contribution in [0.5, 0.6) is 0 Å². The molecule has 1 aliphatic heterocycles. The molecule has 0 N–H and O–H groups in total. The van der Waals surface area contributed by atoms with Crippen molar-refractivity contribution in [2.75, 3.05) is 9.80 Å². The lowest BCUT2D eigenvalue weighted by molar-refractivity contribution is 0.752. The van der Waals surface area contributed by atoms with Crippen molar-refractivity contribution in [2.24, 2.45) is 0 Å². The highest BCUT2D eigenvalue weighted by molar-refractivity contribution is 6.01. The molecule has 2 heteroatoms. The van der Waals surface area contributed by atoms with E-state index in [-0.39, 0.29) is 0 Å². The number of benzene rings is 10. The average molecular weight is 803 g/mol. The Morgan fingerprint density at radius 3 is 1.37 bits per heavy atom. The molecule has 10 aromatic carbocycles. The number of rotatable bonds is 7. The molecule has 0 unspecified atom stereocenters. The summed E-state index contributed by atoms with van der Waals surface area (Å²) in [5.41, 5.74) is 21.1. The van der Waals surface area contributed by atoms with Crippen LogP contribution < -0.4 is 9.80 Å². The van der Waals surface area contributed by atoms with E-state index in [0.717, 1.165) is 22.7 Å². The fraction of sp³-hybridized carbons (Fsp3) is 0.0164. The Hall–Kier alpha value is -8.20. The maximum Gasteiger partial charge on any atom is 0.0755 e. The van der Waals surface area contributed by atoms with Gasteiger partial charge in [-0.1, -0.05) is 200 Å². The Morgan fingerprint density at radius 1 is 0.302 bits per heavy atom. The van der Waals surface area contributed by atoms with E-state index in [4.69, 9.17) is 0 Å². The van der Waals surface area contributed by atoms with Crippen LogP contribution in [-0.4, -0.2) is 0 Å². The smallest absolute Gasteiger partial charge is 0.0755 e. The summed E-state index contributed by atoms with van der Waals surface area (Å²) in [5.74, 6) is 0. The molecule has 0 saturated heterocycles. The highest BCUT2D eigenvalue weighted by atomic mass is 15.2. The summed E-state index contributed by atoms with van der Waals surface area (Å²) in [4.78, 5) is 4.92. The highest BCUT2D eigenvalue weighted by Crippen LogP contribution is 2.65. The van der Waals surface area contributed by atoms with Crippen molar-refractivity contribution in [2.45, 2.75) is 5.41 Å². The minimum atomic E-state index is -0.564. The molecule has 2 nitrogen and oxygen atoms in total. The number of anilines is 6. The Kier molecular flexibility index (Phi) is 8.76. The van der Waals surface area contributed by atoms with Crippen LogP contribution in [0.3, 0.4) is 0 Å². The van der Waals surface area contributed by atoms with E-state index >= 15 is 0 Å². The lowest BCUT2D eigenvalue weighted by Crippen LogP contribution is -2.36. The molecular formula is C61H42N2. The van der Waals surface area contributed by atoms with E-state index in [2.05, 4.69) is 265 Å². The number of hydrogen-bond donors (Lipinski definition) is 0. The second-order valence-corrected chi connectivity index (χ2v) is 16.4. The minimum absolute atomic E-state index is 0.564. The molecule has 63 heavy (non-hydrogen) atoms. The zero-order chi connectivity index (χ0) is 41.7. The molecule has 10 aromatic rings. The Balaban J connectivity index is 1.08. The van der Waals surface area contributed by atoms with Crippen molar-refractivity contribution < 1.29 is 0 Å². The van der Waals surface area contributed by atoms with E-state index in [1.807, 2.05) is 0 Å². The van der Waals surface area contributed by atoms with Gasteiger partial charge >= 0.3 is 0 Å². The Labute approximate surface area is 369 Å². The summed E-state index contributed by atoms with van der Waals surface area (Å²) in [6.07, 6.45) is 0. The van der Waals surface area contributed by atoms with Crippen LogP contribution in [0.25, 0.3) is 44.5 Å². The van der Waals surface area contributed by atoms with Gasteiger partial charge in [0.25, 0.3) is 0 Å².